The Morgan fingerprint density at radius 1 is 1.22 bits per heavy atom. The summed E-state index contributed by atoms with van der Waals surface area (Å²) >= 11 is 0. The number of carbonyl (C=O) groups excluding carboxylic acids is 1. The van der Waals surface area contributed by atoms with Gasteiger partial charge in [0, 0.05) is 44.0 Å². The van der Waals surface area contributed by atoms with Crippen LogP contribution in [0.3, 0.4) is 0 Å². The van der Waals surface area contributed by atoms with Crippen molar-refractivity contribution in [2.24, 2.45) is 12.5 Å². The Labute approximate surface area is 162 Å². The number of piperidine rings is 1. The molecule has 6 heteroatoms. The van der Waals surface area contributed by atoms with E-state index in [9.17, 15) is 4.79 Å². The van der Waals surface area contributed by atoms with Crippen LogP contribution in [0.4, 0.5) is 4.79 Å². The van der Waals surface area contributed by atoms with Gasteiger partial charge < -0.3 is 14.5 Å². The summed E-state index contributed by atoms with van der Waals surface area (Å²) in [5.41, 5.74) is 1.32. The lowest BCUT2D eigenvalue weighted by molar-refractivity contribution is -0.0104. The normalized spacial score (nSPS) is 29.9. The van der Waals surface area contributed by atoms with Crippen LogP contribution in [0.1, 0.15) is 64.5 Å². The monoisotopic (exact) mass is 374 g/mol. The quantitative estimate of drug-likeness (QED) is 0.796. The molecule has 0 bridgehead atoms. The Bertz CT molecular complexity index is 679. The maximum absolute atomic E-state index is 12.3. The molecular weight excluding hydrogens is 340 g/mol. The first-order valence-electron chi connectivity index (χ1n) is 10.4. The molecule has 150 valence electrons. The van der Waals surface area contributed by atoms with Crippen LogP contribution in [0.15, 0.2) is 12.3 Å². The zero-order valence-electron chi connectivity index (χ0n) is 17.3. The molecule has 2 aliphatic heterocycles. The fraction of sp³-hybridized carbons (Fsp3) is 0.810. The average Bonchev–Trinajstić information content (AvgIpc) is 3.19. The summed E-state index contributed by atoms with van der Waals surface area (Å²) < 4.78 is 7.58. The smallest absolute Gasteiger partial charge is 0.410 e. The summed E-state index contributed by atoms with van der Waals surface area (Å²) in [6.07, 6.45) is 7.84. The number of likely N-dealkylation sites (tertiary alicyclic amines) is 2. The van der Waals surface area contributed by atoms with Crippen molar-refractivity contribution in [2.75, 3.05) is 26.2 Å². The maximum atomic E-state index is 12.3. The summed E-state index contributed by atoms with van der Waals surface area (Å²) in [4.78, 5) is 16.9. The van der Waals surface area contributed by atoms with E-state index in [4.69, 9.17) is 4.74 Å². The van der Waals surface area contributed by atoms with E-state index in [0.29, 0.717) is 17.4 Å². The molecule has 1 aromatic rings. The van der Waals surface area contributed by atoms with Gasteiger partial charge in [0.2, 0.25) is 0 Å². The lowest BCUT2D eigenvalue weighted by atomic mass is 9.64. The number of aromatic nitrogens is 2. The van der Waals surface area contributed by atoms with Gasteiger partial charge >= 0.3 is 6.09 Å². The summed E-state index contributed by atoms with van der Waals surface area (Å²) in [6, 6.07) is 2.87. The van der Waals surface area contributed by atoms with Gasteiger partial charge in [-0.05, 0) is 77.4 Å². The van der Waals surface area contributed by atoms with Gasteiger partial charge in [0.15, 0.2) is 0 Å². The van der Waals surface area contributed by atoms with Gasteiger partial charge in [-0.25, -0.2) is 4.79 Å². The van der Waals surface area contributed by atoms with E-state index in [2.05, 4.69) is 16.1 Å². The molecule has 27 heavy (non-hydrogen) atoms. The molecule has 2 saturated heterocycles. The highest BCUT2D eigenvalue weighted by Crippen LogP contribution is 2.51. The predicted octanol–water partition coefficient (Wildman–Crippen LogP) is 3.39. The largest absolute Gasteiger partial charge is 0.444 e. The molecule has 0 radical (unpaired) electrons. The average molecular weight is 375 g/mol. The van der Waals surface area contributed by atoms with Crippen molar-refractivity contribution in [3.05, 3.63) is 18.0 Å². The lowest BCUT2D eigenvalue weighted by Crippen LogP contribution is -2.54. The molecule has 3 aliphatic rings. The summed E-state index contributed by atoms with van der Waals surface area (Å²) in [7, 11) is 2.05. The summed E-state index contributed by atoms with van der Waals surface area (Å²) in [5, 5.41) is 4.33. The number of hydrogen-bond donors (Lipinski definition) is 0. The number of nitrogens with zero attached hydrogens (tertiary/aromatic N) is 4. The molecule has 1 amide bonds. The molecule has 1 spiro atoms. The van der Waals surface area contributed by atoms with E-state index in [-0.39, 0.29) is 6.09 Å². The Morgan fingerprint density at radius 2 is 1.93 bits per heavy atom. The molecule has 0 unspecified atom stereocenters. The fourth-order valence-corrected chi connectivity index (χ4v) is 5.29. The van der Waals surface area contributed by atoms with E-state index in [1.165, 1.54) is 44.5 Å². The van der Waals surface area contributed by atoms with Crippen LogP contribution < -0.4 is 0 Å². The molecule has 6 nitrogen and oxygen atoms in total. The topological polar surface area (TPSA) is 50.6 Å². The Kier molecular flexibility index (Phi) is 4.73. The van der Waals surface area contributed by atoms with Crippen LogP contribution in [0.2, 0.25) is 0 Å². The van der Waals surface area contributed by atoms with Crippen molar-refractivity contribution >= 4 is 6.09 Å². The minimum Gasteiger partial charge on any atom is -0.444 e. The molecule has 1 aliphatic carbocycles. The Morgan fingerprint density at radius 3 is 2.52 bits per heavy atom. The first-order valence-corrected chi connectivity index (χ1v) is 10.4. The van der Waals surface area contributed by atoms with Gasteiger partial charge in [-0.3, -0.25) is 4.68 Å². The third kappa shape index (κ3) is 3.86. The van der Waals surface area contributed by atoms with Crippen LogP contribution in [0, 0.1) is 5.41 Å². The van der Waals surface area contributed by atoms with E-state index < -0.39 is 5.60 Å². The second-order valence-electron chi connectivity index (χ2n) is 9.90. The van der Waals surface area contributed by atoms with Crippen LogP contribution >= 0.6 is 0 Å². The molecule has 0 atom stereocenters. The maximum Gasteiger partial charge on any atom is 0.410 e. The summed E-state index contributed by atoms with van der Waals surface area (Å²) in [6.45, 7) is 9.91. The van der Waals surface area contributed by atoms with Crippen LogP contribution in [0.5, 0.6) is 0 Å². The number of ether oxygens (including phenoxy) is 1. The molecule has 1 aromatic heterocycles. The molecule has 0 aromatic carbocycles. The van der Waals surface area contributed by atoms with Crippen molar-refractivity contribution in [2.45, 2.75) is 70.4 Å². The van der Waals surface area contributed by atoms with Crippen molar-refractivity contribution in [3.8, 4) is 0 Å². The van der Waals surface area contributed by atoms with Crippen molar-refractivity contribution < 1.29 is 9.53 Å². The fourth-order valence-electron chi connectivity index (χ4n) is 5.29. The zero-order valence-corrected chi connectivity index (χ0v) is 17.3. The van der Waals surface area contributed by atoms with Gasteiger partial charge in [-0.15, -0.1) is 0 Å². The molecule has 3 heterocycles. The van der Waals surface area contributed by atoms with Gasteiger partial charge in [0.1, 0.15) is 5.60 Å². The second-order valence-corrected chi connectivity index (χ2v) is 9.90. The molecule has 1 saturated carbocycles. The first kappa shape index (κ1) is 18.8. The minimum absolute atomic E-state index is 0.139. The van der Waals surface area contributed by atoms with Crippen molar-refractivity contribution in [3.63, 3.8) is 0 Å². The minimum atomic E-state index is -0.410. The van der Waals surface area contributed by atoms with Gasteiger partial charge in [0.25, 0.3) is 0 Å². The summed E-state index contributed by atoms with van der Waals surface area (Å²) in [5.74, 6) is 0.650. The predicted molar refractivity (Wildman–Crippen MR) is 105 cm³/mol. The van der Waals surface area contributed by atoms with Gasteiger partial charge in [-0.1, -0.05) is 0 Å². The van der Waals surface area contributed by atoms with Crippen molar-refractivity contribution in [1.29, 1.82) is 0 Å². The standard InChI is InChI=1S/C21H34N4O2/c1-20(2,3)27-19(26)25-12-8-21(15-25)13-17(14-21)24-10-6-16(7-11-24)18-5-9-22-23(18)4/h5,9,16-17H,6-8,10-15H2,1-4H3. The Balaban J connectivity index is 1.25. The van der Waals surface area contributed by atoms with E-state index in [1.807, 2.05) is 43.6 Å². The first-order chi connectivity index (χ1) is 12.7. The molecular formula is C21H34N4O2. The highest BCUT2D eigenvalue weighted by Gasteiger charge is 2.51. The SMILES string of the molecule is Cn1nccc1C1CCN(C2CC3(CCN(C(=O)OC(C)(C)C)C3)C2)CC1. The number of amides is 1. The molecule has 4 rings (SSSR count). The zero-order chi connectivity index (χ0) is 19.2. The van der Waals surface area contributed by atoms with E-state index in [0.717, 1.165) is 19.5 Å². The van der Waals surface area contributed by atoms with E-state index in [1.54, 1.807) is 0 Å². The van der Waals surface area contributed by atoms with Crippen molar-refractivity contribution in [1.82, 2.24) is 19.6 Å². The number of rotatable bonds is 2. The highest BCUT2D eigenvalue weighted by atomic mass is 16.6. The van der Waals surface area contributed by atoms with Gasteiger partial charge in [-0.2, -0.15) is 5.10 Å². The van der Waals surface area contributed by atoms with E-state index >= 15 is 0 Å². The number of aryl methyl sites for hydroxylation is 1. The number of carbonyl (C=O) groups is 1. The highest BCUT2D eigenvalue weighted by molar-refractivity contribution is 5.68. The third-order valence-corrected chi connectivity index (χ3v) is 6.75. The third-order valence-electron chi connectivity index (χ3n) is 6.75. The Hall–Kier alpha value is -1.56. The number of hydrogen-bond acceptors (Lipinski definition) is 4. The van der Waals surface area contributed by atoms with Crippen LogP contribution in [-0.2, 0) is 11.8 Å². The van der Waals surface area contributed by atoms with Crippen LogP contribution in [0.25, 0.3) is 0 Å². The molecule has 3 fully saturated rings. The second kappa shape index (κ2) is 6.80. The lowest BCUT2D eigenvalue weighted by Gasteiger charge is -2.51. The van der Waals surface area contributed by atoms with Gasteiger partial charge in [0.05, 0.1) is 0 Å². The van der Waals surface area contributed by atoms with Crippen LogP contribution in [-0.4, -0.2) is 63.5 Å². The molecule has 0 N–H and O–H groups in total.